The minimum absolute atomic E-state index is 0.582. The van der Waals surface area contributed by atoms with Crippen LogP contribution in [0.15, 0.2) is 46.5 Å². The van der Waals surface area contributed by atoms with E-state index in [9.17, 15) is 13.2 Å². The predicted molar refractivity (Wildman–Crippen MR) is 92.2 cm³/mol. The highest BCUT2D eigenvalue weighted by atomic mass is 32.2. The SMILES string of the molecule is CN/C(=N\c1cc(SCC(F)(F)F)c(C)cc1C)c1cccnc1. The lowest BCUT2D eigenvalue weighted by molar-refractivity contribution is -0.105. The first-order valence-corrected chi connectivity index (χ1v) is 8.26. The topological polar surface area (TPSA) is 37.3 Å². The fourth-order valence-corrected chi connectivity index (χ4v) is 2.95. The number of pyridine rings is 1. The summed E-state index contributed by atoms with van der Waals surface area (Å²) in [4.78, 5) is 9.20. The molecule has 0 bridgehead atoms. The molecule has 0 atom stereocenters. The zero-order chi connectivity index (χ0) is 17.7. The molecular formula is C17H18F3N3S. The highest BCUT2D eigenvalue weighted by Gasteiger charge is 2.27. The third kappa shape index (κ3) is 4.99. The van der Waals surface area contributed by atoms with Crippen LogP contribution in [-0.2, 0) is 0 Å². The van der Waals surface area contributed by atoms with Gasteiger partial charge in [-0.2, -0.15) is 13.2 Å². The lowest BCUT2D eigenvalue weighted by Crippen LogP contribution is -2.19. The van der Waals surface area contributed by atoms with Crippen LogP contribution in [0.25, 0.3) is 0 Å². The molecular weight excluding hydrogens is 335 g/mol. The van der Waals surface area contributed by atoms with Gasteiger partial charge in [0.15, 0.2) is 0 Å². The molecule has 2 rings (SSSR count). The first-order chi connectivity index (χ1) is 11.3. The summed E-state index contributed by atoms with van der Waals surface area (Å²) >= 11 is 0.780. The van der Waals surface area contributed by atoms with Gasteiger partial charge >= 0.3 is 6.18 Å². The summed E-state index contributed by atoms with van der Waals surface area (Å²) in [5, 5.41) is 3.01. The Morgan fingerprint density at radius 1 is 1.25 bits per heavy atom. The average molecular weight is 353 g/mol. The number of rotatable bonds is 4. The van der Waals surface area contributed by atoms with E-state index >= 15 is 0 Å². The number of aryl methyl sites for hydroxylation is 2. The molecule has 0 saturated carbocycles. The molecule has 1 heterocycles. The lowest BCUT2D eigenvalue weighted by atomic mass is 10.1. The van der Waals surface area contributed by atoms with E-state index < -0.39 is 11.9 Å². The van der Waals surface area contributed by atoms with Gasteiger partial charge in [-0.25, -0.2) is 4.99 Å². The zero-order valence-corrected chi connectivity index (χ0v) is 14.4. The minimum Gasteiger partial charge on any atom is -0.373 e. The van der Waals surface area contributed by atoms with Crippen LogP contribution >= 0.6 is 11.8 Å². The fourth-order valence-electron chi connectivity index (χ4n) is 2.15. The maximum absolute atomic E-state index is 12.5. The first-order valence-electron chi connectivity index (χ1n) is 7.28. The summed E-state index contributed by atoms with van der Waals surface area (Å²) < 4.78 is 37.4. The standard InChI is InChI=1S/C17H18F3N3S/c1-11-7-12(2)15(24-10-17(18,19)20)8-14(11)23-16(21-3)13-5-4-6-22-9-13/h4-9H,10H2,1-3H3,(H,21,23). The van der Waals surface area contributed by atoms with Crippen molar-refractivity contribution < 1.29 is 13.2 Å². The number of aromatic nitrogens is 1. The van der Waals surface area contributed by atoms with Crippen LogP contribution in [0.5, 0.6) is 0 Å². The van der Waals surface area contributed by atoms with Crippen molar-refractivity contribution in [2.24, 2.45) is 4.99 Å². The molecule has 1 N–H and O–H groups in total. The van der Waals surface area contributed by atoms with Gasteiger partial charge in [0.25, 0.3) is 0 Å². The number of amidine groups is 1. The molecule has 3 nitrogen and oxygen atoms in total. The number of nitrogens with zero attached hydrogens (tertiary/aromatic N) is 2. The summed E-state index contributed by atoms with van der Waals surface area (Å²) in [6, 6.07) is 7.23. The second-order valence-corrected chi connectivity index (χ2v) is 6.28. The monoisotopic (exact) mass is 353 g/mol. The van der Waals surface area contributed by atoms with Crippen LogP contribution in [0.3, 0.4) is 0 Å². The van der Waals surface area contributed by atoms with Crippen molar-refractivity contribution in [2.45, 2.75) is 24.9 Å². The maximum atomic E-state index is 12.5. The molecule has 0 aliphatic rings. The van der Waals surface area contributed by atoms with Gasteiger partial charge in [-0.3, -0.25) is 4.98 Å². The van der Waals surface area contributed by atoms with Crippen molar-refractivity contribution >= 4 is 23.3 Å². The summed E-state index contributed by atoms with van der Waals surface area (Å²) in [7, 11) is 1.74. The van der Waals surface area contributed by atoms with E-state index in [1.54, 1.807) is 38.5 Å². The van der Waals surface area contributed by atoms with E-state index in [4.69, 9.17) is 0 Å². The molecule has 7 heteroatoms. The number of aliphatic imine (C=N–C) groups is 1. The fraction of sp³-hybridized carbons (Fsp3) is 0.294. The van der Waals surface area contributed by atoms with E-state index in [1.807, 2.05) is 19.1 Å². The maximum Gasteiger partial charge on any atom is 0.398 e. The smallest absolute Gasteiger partial charge is 0.373 e. The van der Waals surface area contributed by atoms with E-state index in [-0.39, 0.29) is 0 Å². The number of nitrogens with one attached hydrogen (secondary N) is 1. The number of thioether (sulfide) groups is 1. The van der Waals surface area contributed by atoms with Gasteiger partial charge in [-0.1, -0.05) is 6.07 Å². The summed E-state index contributed by atoms with van der Waals surface area (Å²) in [5.74, 6) is -0.302. The number of halogens is 3. The van der Waals surface area contributed by atoms with Crippen molar-refractivity contribution in [2.75, 3.05) is 12.8 Å². The number of hydrogen-bond donors (Lipinski definition) is 1. The van der Waals surface area contributed by atoms with Crippen LogP contribution < -0.4 is 5.32 Å². The van der Waals surface area contributed by atoms with E-state index in [1.165, 1.54) is 0 Å². The van der Waals surface area contributed by atoms with E-state index in [2.05, 4.69) is 15.3 Å². The van der Waals surface area contributed by atoms with Crippen LogP contribution in [-0.4, -0.2) is 29.8 Å². The molecule has 0 spiro atoms. The Morgan fingerprint density at radius 3 is 2.58 bits per heavy atom. The molecule has 0 unspecified atom stereocenters. The zero-order valence-electron chi connectivity index (χ0n) is 13.6. The Bertz CT molecular complexity index is 728. The van der Waals surface area contributed by atoms with Gasteiger partial charge in [0, 0.05) is 29.9 Å². The second-order valence-electron chi connectivity index (χ2n) is 5.26. The molecule has 0 aliphatic carbocycles. The van der Waals surface area contributed by atoms with Crippen molar-refractivity contribution in [3.8, 4) is 0 Å². The predicted octanol–water partition coefficient (Wildman–Crippen LogP) is 4.65. The quantitative estimate of drug-likeness (QED) is 0.494. The Balaban J connectivity index is 2.37. The second kappa shape index (κ2) is 7.70. The van der Waals surface area contributed by atoms with Gasteiger partial charge in [0.2, 0.25) is 0 Å². The molecule has 0 radical (unpaired) electrons. The summed E-state index contributed by atoms with van der Waals surface area (Å²) in [5.41, 5.74) is 3.16. The van der Waals surface area contributed by atoms with Crippen molar-refractivity contribution in [1.29, 1.82) is 0 Å². The van der Waals surface area contributed by atoms with Crippen LogP contribution in [0, 0.1) is 13.8 Å². The third-order valence-corrected chi connectivity index (χ3v) is 4.51. The number of benzene rings is 1. The van der Waals surface area contributed by atoms with Crippen LogP contribution in [0.1, 0.15) is 16.7 Å². The highest BCUT2D eigenvalue weighted by molar-refractivity contribution is 7.99. The average Bonchev–Trinajstić information content (AvgIpc) is 2.53. The third-order valence-electron chi connectivity index (χ3n) is 3.29. The first kappa shape index (κ1) is 18.3. The van der Waals surface area contributed by atoms with Crippen molar-refractivity contribution in [3.63, 3.8) is 0 Å². The molecule has 2 aromatic rings. The molecule has 1 aromatic heterocycles. The largest absolute Gasteiger partial charge is 0.398 e. The van der Waals surface area contributed by atoms with E-state index in [0.717, 1.165) is 28.5 Å². The van der Waals surface area contributed by atoms with Gasteiger partial charge in [0.1, 0.15) is 5.84 Å². The number of alkyl halides is 3. The van der Waals surface area contributed by atoms with Gasteiger partial charge in [-0.05, 0) is 43.2 Å². The highest BCUT2D eigenvalue weighted by Crippen LogP contribution is 2.33. The molecule has 1 aromatic carbocycles. The minimum atomic E-state index is -4.20. The molecule has 0 fully saturated rings. The van der Waals surface area contributed by atoms with Gasteiger partial charge < -0.3 is 5.32 Å². The summed E-state index contributed by atoms with van der Waals surface area (Å²) in [6.45, 7) is 3.69. The summed E-state index contributed by atoms with van der Waals surface area (Å²) in [6.07, 6.45) is -0.852. The molecule has 0 amide bonds. The van der Waals surface area contributed by atoms with Crippen LogP contribution in [0.4, 0.5) is 18.9 Å². The van der Waals surface area contributed by atoms with Crippen molar-refractivity contribution in [1.82, 2.24) is 10.3 Å². The Morgan fingerprint density at radius 2 is 2.00 bits per heavy atom. The van der Waals surface area contributed by atoms with E-state index in [0.29, 0.717) is 16.4 Å². The molecule has 0 aliphatic heterocycles. The number of hydrogen-bond acceptors (Lipinski definition) is 3. The molecule has 0 saturated heterocycles. The Kier molecular flexibility index (Phi) is 5.88. The lowest BCUT2D eigenvalue weighted by Gasteiger charge is -2.12. The van der Waals surface area contributed by atoms with Crippen LogP contribution in [0.2, 0.25) is 0 Å². The molecule has 24 heavy (non-hydrogen) atoms. The molecule has 128 valence electrons. The Hall–Kier alpha value is -2.02. The van der Waals surface area contributed by atoms with Gasteiger partial charge in [0.05, 0.1) is 11.4 Å². The Labute approximate surface area is 143 Å². The van der Waals surface area contributed by atoms with Gasteiger partial charge in [-0.15, -0.1) is 11.8 Å². The normalized spacial score (nSPS) is 12.3. The van der Waals surface area contributed by atoms with Crippen molar-refractivity contribution in [3.05, 3.63) is 53.3 Å².